The van der Waals surface area contributed by atoms with E-state index in [2.05, 4.69) is 12.2 Å². The highest BCUT2D eigenvalue weighted by Crippen LogP contribution is 2.17. The summed E-state index contributed by atoms with van der Waals surface area (Å²) in [5, 5.41) is 2.79. The SMILES string of the molecule is CCCCCCCCCCC[C@@H]1OC(=O)N[C@H]1C. The fraction of sp³-hybridized carbons (Fsp3) is 0.933. The normalized spacial score (nSPS) is 22.9. The van der Waals surface area contributed by atoms with E-state index in [9.17, 15) is 4.79 Å². The fourth-order valence-corrected chi connectivity index (χ4v) is 2.52. The highest BCUT2D eigenvalue weighted by atomic mass is 16.6. The third kappa shape index (κ3) is 6.27. The molecule has 3 nitrogen and oxygen atoms in total. The molecule has 106 valence electrons. The first-order chi connectivity index (χ1) is 8.74. The number of cyclic esters (lactones) is 1. The lowest BCUT2D eigenvalue weighted by Crippen LogP contribution is -2.27. The molecule has 1 N–H and O–H groups in total. The molecule has 0 saturated carbocycles. The lowest BCUT2D eigenvalue weighted by molar-refractivity contribution is 0.126. The summed E-state index contributed by atoms with van der Waals surface area (Å²) in [6.45, 7) is 4.27. The van der Waals surface area contributed by atoms with Gasteiger partial charge in [-0.15, -0.1) is 0 Å². The third-order valence-electron chi connectivity index (χ3n) is 3.75. The maximum absolute atomic E-state index is 11.0. The van der Waals surface area contributed by atoms with Crippen LogP contribution in [-0.4, -0.2) is 18.2 Å². The Bertz CT molecular complexity index is 231. The molecular formula is C15H29NO2. The maximum Gasteiger partial charge on any atom is 0.407 e. The Morgan fingerprint density at radius 1 is 1.00 bits per heavy atom. The zero-order valence-electron chi connectivity index (χ0n) is 12.0. The molecule has 1 heterocycles. The van der Waals surface area contributed by atoms with Crippen molar-refractivity contribution in [2.45, 2.75) is 90.2 Å². The Morgan fingerprint density at radius 3 is 2.06 bits per heavy atom. The van der Waals surface area contributed by atoms with Gasteiger partial charge >= 0.3 is 6.09 Å². The van der Waals surface area contributed by atoms with Crippen LogP contribution in [0.5, 0.6) is 0 Å². The number of alkyl carbamates (subject to hydrolysis) is 1. The van der Waals surface area contributed by atoms with Crippen molar-refractivity contribution in [2.24, 2.45) is 0 Å². The van der Waals surface area contributed by atoms with Crippen molar-refractivity contribution in [1.82, 2.24) is 5.32 Å². The molecule has 0 unspecified atom stereocenters. The van der Waals surface area contributed by atoms with Gasteiger partial charge in [-0.3, -0.25) is 0 Å². The van der Waals surface area contributed by atoms with Crippen molar-refractivity contribution in [3.05, 3.63) is 0 Å². The van der Waals surface area contributed by atoms with Gasteiger partial charge in [-0.2, -0.15) is 0 Å². The molecule has 1 fully saturated rings. The number of unbranched alkanes of at least 4 members (excludes halogenated alkanes) is 8. The minimum absolute atomic E-state index is 0.0991. The van der Waals surface area contributed by atoms with E-state index in [-0.39, 0.29) is 18.2 Å². The smallest absolute Gasteiger partial charge is 0.407 e. The van der Waals surface area contributed by atoms with Crippen LogP contribution in [-0.2, 0) is 4.74 Å². The van der Waals surface area contributed by atoms with Crippen molar-refractivity contribution >= 4 is 6.09 Å². The van der Waals surface area contributed by atoms with Crippen LogP contribution in [0.1, 0.15) is 78.1 Å². The molecule has 1 rings (SSSR count). The van der Waals surface area contributed by atoms with Gasteiger partial charge in [-0.25, -0.2) is 4.79 Å². The minimum atomic E-state index is -0.247. The molecule has 0 aliphatic carbocycles. The number of carbonyl (C=O) groups excluding carboxylic acids is 1. The number of ether oxygens (including phenoxy) is 1. The summed E-state index contributed by atoms with van der Waals surface area (Å²) in [5.41, 5.74) is 0. The fourth-order valence-electron chi connectivity index (χ4n) is 2.52. The Hall–Kier alpha value is -0.730. The topological polar surface area (TPSA) is 38.3 Å². The van der Waals surface area contributed by atoms with Crippen LogP contribution in [0.15, 0.2) is 0 Å². The molecule has 1 saturated heterocycles. The van der Waals surface area contributed by atoms with Gasteiger partial charge in [0.05, 0.1) is 6.04 Å². The number of hydrogen-bond acceptors (Lipinski definition) is 2. The maximum atomic E-state index is 11.0. The number of nitrogens with one attached hydrogen (secondary N) is 1. The van der Waals surface area contributed by atoms with E-state index in [1.165, 1.54) is 57.8 Å². The van der Waals surface area contributed by atoms with Gasteiger partial charge in [0.25, 0.3) is 0 Å². The van der Waals surface area contributed by atoms with Crippen LogP contribution >= 0.6 is 0 Å². The van der Waals surface area contributed by atoms with Gasteiger partial charge in [-0.05, 0) is 19.8 Å². The first-order valence-corrected chi connectivity index (χ1v) is 7.71. The largest absolute Gasteiger partial charge is 0.444 e. The van der Waals surface area contributed by atoms with Gasteiger partial charge in [0.15, 0.2) is 0 Å². The zero-order chi connectivity index (χ0) is 13.2. The monoisotopic (exact) mass is 255 g/mol. The molecule has 0 aromatic heterocycles. The third-order valence-corrected chi connectivity index (χ3v) is 3.75. The predicted molar refractivity (Wildman–Crippen MR) is 74.7 cm³/mol. The van der Waals surface area contributed by atoms with Crippen molar-refractivity contribution in [3.63, 3.8) is 0 Å². The second-order valence-electron chi connectivity index (χ2n) is 5.49. The molecule has 2 atom stereocenters. The number of amides is 1. The summed E-state index contributed by atoms with van der Waals surface area (Å²) in [5.74, 6) is 0. The Balaban J connectivity index is 1.85. The zero-order valence-corrected chi connectivity index (χ0v) is 12.0. The average molecular weight is 255 g/mol. The molecule has 1 amide bonds. The number of carbonyl (C=O) groups is 1. The van der Waals surface area contributed by atoms with Crippen molar-refractivity contribution in [1.29, 1.82) is 0 Å². The molecule has 1 aliphatic rings. The van der Waals surface area contributed by atoms with Crippen molar-refractivity contribution in [2.75, 3.05) is 0 Å². The lowest BCUT2D eigenvalue weighted by atomic mass is 10.0. The number of rotatable bonds is 10. The van der Waals surface area contributed by atoms with E-state index in [0.717, 1.165) is 6.42 Å². The Labute approximate surface area is 112 Å². The first kappa shape index (κ1) is 15.3. The van der Waals surface area contributed by atoms with Crippen LogP contribution in [0.2, 0.25) is 0 Å². The molecule has 3 heteroatoms. The van der Waals surface area contributed by atoms with Gasteiger partial charge in [0, 0.05) is 0 Å². The second-order valence-corrected chi connectivity index (χ2v) is 5.49. The second kappa shape index (κ2) is 9.23. The average Bonchev–Trinajstić information content (AvgIpc) is 2.66. The van der Waals surface area contributed by atoms with E-state index in [0.29, 0.717) is 0 Å². The predicted octanol–water partition coefficient (Wildman–Crippen LogP) is 4.40. The van der Waals surface area contributed by atoms with Crippen LogP contribution < -0.4 is 5.32 Å². The lowest BCUT2D eigenvalue weighted by Gasteiger charge is -2.11. The summed E-state index contributed by atoms with van der Waals surface area (Å²) >= 11 is 0. The standard InChI is InChI=1S/C15H29NO2/c1-3-4-5-6-7-8-9-10-11-12-14-13(2)16-15(17)18-14/h13-14H,3-12H2,1-2H3,(H,16,17)/t13-,14-/m0/s1. The molecule has 1 aliphatic heterocycles. The van der Waals surface area contributed by atoms with Crippen LogP contribution in [0, 0.1) is 0 Å². The summed E-state index contributed by atoms with van der Waals surface area (Å²) in [6.07, 6.45) is 12.9. The Morgan fingerprint density at radius 2 is 1.56 bits per heavy atom. The molecule has 0 spiro atoms. The van der Waals surface area contributed by atoms with Gasteiger partial charge in [-0.1, -0.05) is 58.3 Å². The van der Waals surface area contributed by atoms with Crippen LogP contribution in [0.4, 0.5) is 4.79 Å². The van der Waals surface area contributed by atoms with Gasteiger partial charge in [0.2, 0.25) is 0 Å². The molecule has 0 bridgehead atoms. The quantitative estimate of drug-likeness (QED) is 0.587. The molecule has 0 radical (unpaired) electrons. The summed E-state index contributed by atoms with van der Waals surface area (Å²) in [7, 11) is 0. The summed E-state index contributed by atoms with van der Waals surface area (Å²) in [6, 6.07) is 0.187. The van der Waals surface area contributed by atoms with Gasteiger partial charge in [0.1, 0.15) is 6.10 Å². The van der Waals surface area contributed by atoms with Crippen LogP contribution in [0.3, 0.4) is 0 Å². The molecular weight excluding hydrogens is 226 g/mol. The highest BCUT2D eigenvalue weighted by Gasteiger charge is 2.29. The molecule has 0 aromatic rings. The van der Waals surface area contributed by atoms with Crippen molar-refractivity contribution < 1.29 is 9.53 Å². The molecule has 0 aromatic carbocycles. The van der Waals surface area contributed by atoms with Crippen molar-refractivity contribution in [3.8, 4) is 0 Å². The van der Waals surface area contributed by atoms with Gasteiger partial charge < -0.3 is 10.1 Å². The highest BCUT2D eigenvalue weighted by molar-refractivity contribution is 5.70. The summed E-state index contributed by atoms with van der Waals surface area (Å²) < 4.78 is 5.20. The van der Waals surface area contributed by atoms with Crippen LogP contribution in [0.25, 0.3) is 0 Å². The van der Waals surface area contributed by atoms with E-state index in [1.807, 2.05) is 6.92 Å². The first-order valence-electron chi connectivity index (χ1n) is 7.71. The Kier molecular flexibility index (Phi) is 7.86. The van der Waals surface area contributed by atoms with E-state index in [4.69, 9.17) is 4.74 Å². The minimum Gasteiger partial charge on any atom is -0.444 e. The summed E-state index contributed by atoms with van der Waals surface area (Å²) in [4.78, 5) is 11.0. The van der Waals surface area contributed by atoms with E-state index >= 15 is 0 Å². The van der Waals surface area contributed by atoms with E-state index in [1.54, 1.807) is 0 Å². The molecule has 18 heavy (non-hydrogen) atoms. The van der Waals surface area contributed by atoms with E-state index < -0.39 is 0 Å². The number of hydrogen-bond donors (Lipinski definition) is 1.